The topological polar surface area (TPSA) is 62.1 Å². The lowest BCUT2D eigenvalue weighted by Crippen LogP contribution is -2.57. The van der Waals surface area contributed by atoms with Crippen LogP contribution in [0.3, 0.4) is 0 Å². The average molecular weight is 482 g/mol. The fourth-order valence-corrected chi connectivity index (χ4v) is 4.95. The second kappa shape index (κ2) is 9.74. The van der Waals surface area contributed by atoms with Crippen LogP contribution in [0, 0.1) is 5.41 Å². The van der Waals surface area contributed by atoms with Crippen molar-refractivity contribution in [2.24, 2.45) is 12.5 Å². The van der Waals surface area contributed by atoms with E-state index in [0.717, 1.165) is 64.6 Å². The third kappa shape index (κ3) is 4.84. The van der Waals surface area contributed by atoms with E-state index in [1.165, 1.54) is 12.8 Å². The molecule has 3 aromatic heterocycles. The smallest absolute Gasteiger partial charge is 0.130 e. The van der Waals surface area contributed by atoms with Crippen LogP contribution >= 0.6 is 0 Å². The molecule has 0 bridgehead atoms. The molecular formula is C29H35N7. The zero-order chi connectivity index (χ0) is 25.3. The van der Waals surface area contributed by atoms with Crippen LogP contribution in [0.2, 0.25) is 0 Å². The van der Waals surface area contributed by atoms with Crippen molar-refractivity contribution in [3.8, 4) is 11.3 Å². The third-order valence-corrected chi connectivity index (χ3v) is 7.42. The summed E-state index contributed by atoms with van der Waals surface area (Å²) in [5, 5.41) is 5.61. The first kappa shape index (κ1) is 24.0. The molecule has 0 radical (unpaired) electrons. The van der Waals surface area contributed by atoms with Gasteiger partial charge in [0.15, 0.2) is 0 Å². The Kier molecular flexibility index (Phi) is 6.49. The SMILES string of the molecule is C=C(Nc1cc2cc(-c3cncn3C)ccc2cn1)c1ccnc(N2CC(CC)(CCN(C)C)C2)c1. The van der Waals surface area contributed by atoms with Crippen molar-refractivity contribution in [1.82, 2.24) is 24.4 Å². The van der Waals surface area contributed by atoms with Crippen LogP contribution < -0.4 is 10.2 Å². The molecule has 4 aromatic rings. The Labute approximate surface area is 213 Å². The molecule has 4 heterocycles. The first-order chi connectivity index (χ1) is 17.4. The van der Waals surface area contributed by atoms with E-state index in [0.29, 0.717) is 5.41 Å². The number of hydrogen-bond donors (Lipinski definition) is 1. The van der Waals surface area contributed by atoms with E-state index in [1.54, 1.807) is 0 Å². The maximum absolute atomic E-state index is 4.65. The predicted octanol–water partition coefficient (Wildman–Crippen LogP) is 5.28. The monoisotopic (exact) mass is 481 g/mol. The number of nitrogens with one attached hydrogen (secondary N) is 1. The molecule has 1 aromatic carbocycles. The number of aromatic nitrogens is 4. The van der Waals surface area contributed by atoms with Gasteiger partial charge in [0.1, 0.15) is 11.6 Å². The van der Waals surface area contributed by atoms with Crippen LogP contribution in [0.5, 0.6) is 0 Å². The molecule has 36 heavy (non-hydrogen) atoms. The van der Waals surface area contributed by atoms with Gasteiger partial charge in [-0.15, -0.1) is 0 Å². The summed E-state index contributed by atoms with van der Waals surface area (Å²) in [6.07, 6.45) is 9.89. The van der Waals surface area contributed by atoms with Crippen LogP contribution in [0.15, 0.2) is 67.9 Å². The Morgan fingerprint density at radius 1 is 1.08 bits per heavy atom. The highest BCUT2D eigenvalue weighted by molar-refractivity contribution is 5.89. The minimum atomic E-state index is 0.389. The van der Waals surface area contributed by atoms with Gasteiger partial charge in [0.2, 0.25) is 0 Å². The molecular weight excluding hydrogens is 446 g/mol. The summed E-state index contributed by atoms with van der Waals surface area (Å²) < 4.78 is 2.02. The molecule has 1 aliphatic heterocycles. The lowest BCUT2D eigenvalue weighted by Gasteiger charge is -2.51. The van der Waals surface area contributed by atoms with Gasteiger partial charge in [-0.25, -0.2) is 15.0 Å². The van der Waals surface area contributed by atoms with Crippen molar-refractivity contribution < 1.29 is 0 Å². The number of anilines is 2. The number of benzene rings is 1. The van der Waals surface area contributed by atoms with Gasteiger partial charge in [-0.3, -0.25) is 0 Å². The van der Waals surface area contributed by atoms with Crippen molar-refractivity contribution in [3.05, 3.63) is 73.5 Å². The quantitative estimate of drug-likeness (QED) is 0.351. The second-order valence-electron chi connectivity index (χ2n) is 10.3. The molecule has 1 N–H and O–H groups in total. The maximum atomic E-state index is 4.65. The fourth-order valence-electron chi connectivity index (χ4n) is 4.95. The minimum absolute atomic E-state index is 0.389. The highest BCUT2D eigenvalue weighted by Crippen LogP contribution is 2.40. The minimum Gasteiger partial charge on any atom is -0.355 e. The van der Waals surface area contributed by atoms with E-state index in [2.05, 4.69) is 88.0 Å². The van der Waals surface area contributed by atoms with Crippen molar-refractivity contribution in [3.63, 3.8) is 0 Å². The number of imidazole rings is 1. The van der Waals surface area contributed by atoms with Gasteiger partial charge in [0.25, 0.3) is 0 Å². The molecule has 0 spiro atoms. The molecule has 7 nitrogen and oxygen atoms in total. The highest BCUT2D eigenvalue weighted by atomic mass is 15.3. The summed E-state index contributed by atoms with van der Waals surface area (Å²) >= 11 is 0. The standard InChI is InChI=1S/C29H35N7/c1-6-29(10-12-34(3)4)18-36(19-29)28-15-22(9-11-31-28)21(2)33-27-14-25-13-23(7-8-24(25)16-32-27)26-17-30-20-35(26)5/h7-9,11,13-17,20H,2,6,10,12,18-19H2,1,3-5H3,(H,32,33). The highest BCUT2D eigenvalue weighted by Gasteiger charge is 2.41. The van der Waals surface area contributed by atoms with E-state index in [9.17, 15) is 0 Å². The molecule has 0 saturated carbocycles. The third-order valence-electron chi connectivity index (χ3n) is 7.42. The van der Waals surface area contributed by atoms with Gasteiger partial charge in [-0.05, 0) is 63.1 Å². The van der Waals surface area contributed by atoms with Gasteiger partial charge < -0.3 is 19.7 Å². The van der Waals surface area contributed by atoms with E-state index < -0.39 is 0 Å². The van der Waals surface area contributed by atoms with Crippen molar-refractivity contribution >= 4 is 28.1 Å². The van der Waals surface area contributed by atoms with Crippen LogP contribution in [-0.2, 0) is 7.05 Å². The number of hydrogen-bond acceptors (Lipinski definition) is 6. The summed E-state index contributed by atoms with van der Waals surface area (Å²) in [6, 6.07) is 12.6. The van der Waals surface area contributed by atoms with E-state index in [1.807, 2.05) is 42.6 Å². The first-order valence-electron chi connectivity index (χ1n) is 12.5. The molecule has 5 rings (SSSR count). The first-order valence-corrected chi connectivity index (χ1v) is 12.5. The Morgan fingerprint density at radius 3 is 2.64 bits per heavy atom. The molecule has 1 fully saturated rings. The molecule has 0 unspecified atom stereocenters. The number of nitrogens with zero attached hydrogens (tertiary/aromatic N) is 6. The molecule has 186 valence electrons. The maximum Gasteiger partial charge on any atom is 0.130 e. The molecule has 7 heteroatoms. The zero-order valence-corrected chi connectivity index (χ0v) is 21.7. The molecule has 1 saturated heterocycles. The number of rotatable bonds is 9. The largest absolute Gasteiger partial charge is 0.355 e. The Balaban J connectivity index is 1.29. The summed E-state index contributed by atoms with van der Waals surface area (Å²) in [4.78, 5) is 18.2. The fraction of sp³-hybridized carbons (Fsp3) is 0.345. The van der Waals surface area contributed by atoms with Crippen LogP contribution in [0.1, 0.15) is 25.3 Å². The van der Waals surface area contributed by atoms with E-state index in [-0.39, 0.29) is 0 Å². The summed E-state index contributed by atoms with van der Waals surface area (Å²) in [5.41, 5.74) is 4.42. The summed E-state index contributed by atoms with van der Waals surface area (Å²) in [5.74, 6) is 1.78. The van der Waals surface area contributed by atoms with Crippen molar-refractivity contribution in [2.45, 2.75) is 19.8 Å². The summed E-state index contributed by atoms with van der Waals surface area (Å²) in [6.45, 7) is 9.83. The number of aryl methyl sites for hydroxylation is 1. The van der Waals surface area contributed by atoms with Gasteiger partial charge in [0.05, 0.1) is 18.2 Å². The summed E-state index contributed by atoms with van der Waals surface area (Å²) in [7, 11) is 6.30. The molecule has 0 atom stereocenters. The van der Waals surface area contributed by atoms with Crippen LogP contribution in [0.25, 0.3) is 27.7 Å². The number of fused-ring (bicyclic) bond motifs is 1. The number of pyridine rings is 2. The average Bonchev–Trinajstić information content (AvgIpc) is 3.29. The van der Waals surface area contributed by atoms with Crippen LogP contribution in [-0.4, -0.2) is 58.1 Å². The Hall–Kier alpha value is -3.71. The van der Waals surface area contributed by atoms with Gasteiger partial charge in [0, 0.05) is 60.2 Å². The van der Waals surface area contributed by atoms with Crippen LogP contribution in [0.4, 0.5) is 11.6 Å². The van der Waals surface area contributed by atoms with E-state index >= 15 is 0 Å². The zero-order valence-electron chi connectivity index (χ0n) is 21.7. The van der Waals surface area contributed by atoms with Crippen molar-refractivity contribution in [2.75, 3.05) is 43.9 Å². The van der Waals surface area contributed by atoms with Gasteiger partial charge in [-0.1, -0.05) is 25.6 Å². The predicted molar refractivity (Wildman–Crippen MR) is 149 cm³/mol. The molecule has 0 amide bonds. The Bertz CT molecular complexity index is 1380. The molecule has 1 aliphatic rings. The lowest BCUT2D eigenvalue weighted by molar-refractivity contribution is 0.164. The van der Waals surface area contributed by atoms with Gasteiger partial charge in [-0.2, -0.15) is 0 Å². The molecule has 0 aliphatic carbocycles. The van der Waals surface area contributed by atoms with Gasteiger partial charge >= 0.3 is 0 Å². The normalized spacial score (nSPS) is 14.8. The van der Waals surface area contributed by atoms with E-state index in [4.69, 9.17) is 0 Å². The van der Waals surface area contributed by atoms with Crippen molar-refractivity contribution in [1.29, 1.82) is 0 Å². The lowest BCUT2D eigenvalue weighted by atomic mass is 9.74. The second-order valence-corrected chi connectivity index (χ2v) is 10.3. The Morgan fingerprint density at radius 2 is 1.92 bits per heavy atom.